The van der Waals surface area contributed by atoms with Crippen LogP contribution in [0.3, 0.4) is 0 Å². The van der Waals surface area contributed by atoms with Gasteiger partial charge in [-0.2, -0.15) is 26.3 Å². The largest absolute Gasteiger partial charge is 0.464 e. The molecule has 2 bridgehead atoms. The molecular weight excluding hydrogens is 350 g/mol. The summed E-state index contributed by atoms with van der Waals surface area (Å²) < 4.78 is 80.4. The normalized spacial score (nSPS) is 26.4. The van der Waals surface area contributed by atoms with E-state index in [-0.39, 0.29) is 12.8 Å². The van der Waals surface area contributed by atoms with Gasteiger partial charge in [0.25, 0.3) is 0 Å². The van der Waals surface area contributed by atoms with Crippen LogP contribution in [0.15, 0.2) is 0 Å². The molecule has 0 aromatic rings. The van der Waals surface area contributed by atoms with E-state index in [0.29, 0.717) is 12.3 Å². The fraction of sp³-hybridized carbons (Fsp3) is 0.941. The van der Waals surface area contributed by atoms with Crippen LogP contribution in [0.5, 0.6) is 0 Å². The Hall–Kier alpha value is -0.950. The molecule has 0 saturated heterocycles. The number of hydrogen-bond donors (Lipinski definition) is 0. The number of alkyl halides is 6. The molecule has 2 rings (SSSR count). The summed E-state index contributed by atoms with van der Waals surface area (Å²) in [6, 6.07) is 0. The third kappa shape index (κ3) is 5.26. The molecule has 0 aromatic heterocycles. The molecule has 2 aliphatic carbocycles. The number of ether oxygens (including phenoxy) is 1. The second-order valence-electron chi connectivity index (χ2n) is 7.95. The summed E-state index contributed by atoms with van der Waals surface area (Å²) >= 11 is 0. The highest BCUT2D eigenvalue weighted by atomic mass is 19.4. The van der Waals surface area contributed by atoms with Crippen LogP contribution in [0.4, 0.5) is 26.3 Å². The van der Waals surface area contributed by atoms with Crippen LogP contribution in [0.1, 0.15) is 53.4 Å². The fourth-order valence-corrected chi connectivity index (χ4v) is 3.18. The Balaban J connectivity index is 0.000000705. The predicted octanol–water partition coefficient (Wildman–Crippen LogP) is 5.76. The van der Waals surface area contributed by atoms with Gasteiger partial charge in [0.1, 0.15) is 6.61 Å². The summed E-state index contributed by atoms with van der Waals surface area (Å²) in [6.45, 7) is 4.80. The molecule has 0 heterocycles. The zero-order valence-corrected chi connectivity index (χ0v) is 14.9. The van der Waals surface area contributed by atoms with Gasteiger partial charge in [0.05, 0.1) is 5.92 Å². The Morgan fingerprint density at radius 3 is 1.80 bits per heavy atom. The van der Waals surface area contributed by atoms with Gasteiger partial charge in [-0.3, -0.25) is 4.79 Å². The summed E-state index contributed by atoms with van der Waals surface area (Å²) in [7, 11) is 0. The highest BCUT2D eigenvalue weighted by Crippen LogP contribution is 2.51. The van der Waals surface area contributed by atoms with Gasteiger partial charge in [0.15, 0.2) is 5.41 Å². The molecule has 25 heavy (non-hydrogen) atoms. The third-order valence-electron chi connectivity index (χ3n) is 4.80. The highest BCUT2D eigenvalue weighted by Gasteiger charge is 2.68. The van der Waals surface area contributed by atoms with E-state index in [4.69, 9.17) is 0 Å². The summed E-state index contributed by atoms with van der Waals surface area (Å²) in [4.78, 5) is 11.8. The number of hydrogen-bond acceptors (Lipinski definition) is 2. The van der Waals surface area contributed by atoms with Gasteiger partial charge >= 0.3 is 18.3 Å². The zero-order valence-electron chi connectivity index (χ0n) is 14.9. The van der Waals surface area contributed by atoms with E-state index in [1.807, 2.05) is 0 Å². The number of carbonyl (C=O) groups excluding carboxylic acids is 1. The second kappa shape index (κ2) is 7.74. The van der Waals surface area contributed by atoms with Crippen LogP contribution in [-0.4, -0.2) is 24.9 Å². The first kappa shape index (κ1) is 22.1. The van der Waals surface area contributed by atoms with E-state index < -0.39 is 36.3 Å². The van der Waals surface area contributed by atoms with Crippen LogP contribution in [-0.2, 0) is 9.53 Å². The van der Waals surface area contributed by atoms with Crippen molar-refractivity contribution in [1.29, 1.82) is 0 Å². The lowest BCUT2D eigenvalue weighted by Gasteiger charge is -2.33. The zero-order chi connectivity index (χ0) is 19.6. The van der Waals surface area contributed by atoms with Crippen molar-refractivity contribution in [2.24, 2.45) is 29.1 Å². The van der Waals surface area contributed by atoms with Gasteiger partial charge in [-0.05, 0) is 43.9 Å². The molecule has 2 fully saturated rings. The summed E-state index contributed by atoms with van der Waals surface area (Å²) in [5.74, 6) is -0.244. The molecule has 0 amide bonds. The molecule has 148 valence electrons. The summed E-state index contributed by atoms with van der Waals surface area (Å²) in [5, 5.41) is 0. The van der Waals surface area contributed by atoms with Crippen LogP contribution in [0.25, 0.3) is 0 Å². The molecule has 3 unspecified atom stereocenters. The van der Waals surface area contributed by atoms with Gasteiger partial charge < -0.3 is 4.74 Å². The number of carbonyl (C=O) groups is 1. The van der Waals surface area contributed by atoms with Gasteiger partial charge in [0.2, 0.25) is 0 Å². The van der Waals surface area contributed by atoms with Crippen molar-refractivity contribution in [1.82, 2.24) is 0 Å². The molecule has 2 saturated carbocycles. The summed E-state index contributed by atoms with van der Waals surface area (Å²) in [6.07, 6.45) is -7.97. The first-order chi connectivity index (χ1) is 11.2. The monoisotopic (exact) mass is 376 g/mol. The first-order valence-electron chi connectivity index (χ1n) is 8.49. The van der Waals surface area contributed by atoms with E-state index in [1.165, 1.54) is 0 Å². The Bertz CT molecular complexity index is 438. The van der Waals surface area contributed by atoms with E-state index in [9.17, 15) is 31.1 Å². The van der Waals surface area contributed by atoms with Crippen molar-refractivity contribution in [3.63, 3.8) is 0 Å². The Labute approximate surface area is 144 Å². The highest BCUT2D eigenvalue weighted by molar-refractivity contribution is 5.73. The maximum absolute atomic E-state index is 12.7. The SMILES string of the molecule is CC(C)C.CC(COC(=O)C1CC2CCC1C2)(C(F)(F)F)C(F)(F)F. The number of fused-ring (bicyclic) bond motifs is 2. The Kier molecular flexibility index (Phi) is 6.84. The average Bonchev–Trinajstić information content (AvgIpc) is 3.03. The first-order valence-corrected chi connectivity index (χ1v) is 8.49. The van der Waals surface area contributed by atoms with E-state index >= 15 is 0 Å². The molecule has 0 N–H and O–H groups in total. The molecule has 2 aliphatic rings. The molecule has 0 spiro atoms. The van der Waals surface area contributed by atoms with E-state index in [0.717, 1.165) is 25.2 Å². The second-order valence-corrected chi connectivity index (χ2v) is 7.95. The van der Waals surface area contributed by atoms with Crippen molar-refractivity contribution in [3.8, 4) is 0 Å². The minimum Gasteiger partial charge on any atom is -0.464 e. The van der Waals surface area contributed by atoms with Crippen LogP contribution in [0, 0.1) is 29.1 Å². The van der Waals surface area contributed by atoms with Gasteiger partial charge in [-0.1, -0.05) is 27.2 Å². The standard InChI is InChI=1S/C13H16F6O2.C4H10/c1-11(12(14,15)16,13(17,18)19)6-21-10(20)9-5-7-2-3-8(9)4-7;1-4(2)3/h7-9H,2-6H2,1H3;4H,1-3H3. The quantitative estimate of drug-likeness (QED) is 0.462. The molecule has 3 atom stereocenters. The van der Waals surface area contributed by atoms with Crippen molar-refractivity contribution in [2.45, 2.75) is 65.7 Å². The summed E-state index contributed by atoms with van der Waals surface area (Å²) in [5.41, 5.74) is -4.03. The van der Waals surface area contributed by atoms with Crippen molar-refractivity contribution in [2.75, 3.05) is 6.61 Å². The maximum atomic E-state index is 12.7. The van der Waals surface area contributed by atoms with Crippen molar-refractivity contribution >= 4 is 5.97 Å². The Morgan fingerprint density at radius 1 is 1.00 bits per heavy atom. The lowest BCUT2D eigenvalue weighted by Crippen LogP contribution is -2.51. The van der Waals surface area contributed by atoms with Crippen molar-refractivity contribution in [3.05, 3.63) is 0 Å². The van der Waals surface area contributed by atoms with Crippen LogP contribution >= 0.6 is 0 Å². The van der Waals surface area contributed by atoms with Gasteiger partial charge in [-0.15, -0.1) is 0 Å². The lowest BCUT2D eigenvalue weighted by atomic mass is 9.88. The molecule has 0 aromatic carbocycles. The predicted molar refractivity (Wildman–Crippen MR) is 80.6 cm³/mol. The third-order valence-corrected chi connectivity index (χ3v) is 4.80. The minimum atomic E-state index is -5.53. The van der Waals surface area contributed by atoms with E-state index in [2.05, 4.69) is 25.5 Å². The number of rotatable bonds is 3. The Morgan fingerprint density at radius 2 is 1.48 bits per heavy atom. The smallest absolute Gasteiger partial charge is 0.406 e. The van der Waals surface area contributed by atoms with Crippen LogP contribution < -0.4 is 0 Å². The lowest BCUT2D eigenvalue weighted by molar-refractivity contribution is -0.343. The van der Waals surface area contributed by atoms with Crippen molar-refractivity contribution < 1.29 is 35.9 Å². The molecule has 0 radical (unpaired) electrons. The number of esters is 1. The topological polar surface area (TPSA) is 26.3 Å². The van der Waals surface area contributed by atoms with E-state index in [1.54, 1.807) is 0 Å². The van der Waals surface area contributed by atoms with Gasteiger partial charge in [0, 0.05) is 0 Å². The fourth-order valence-electron chi connectivity index (χ4n) is 3.18. The maximum Gasteiger partial charge on any atom is 0.406 e. The minimum absolute atomic E-state index is 0.0150. The molecule has 8 heteroatoms. The molecule has 0 aliphatic heterocycles. The average molecular weight is 376 g/mol. The molecule has 2 nitrogen and oxygen atoms in total. The number of halogens is 6. The van der Waals surface area contributed by atoms with Gasteiger partial charge in [-0.25, -0.2) is 0 Å². The molecular formula is C17H26F6O2. The van der Waals surface area contributed by atoms with Crippen LogP contribution in [0.2, 0.25) is 0 Å².